The number of aromatic nitrogens is 2. The number of hydrogen-bond acceptors (Lipinski definition) is 5. The zero-order chi connectivity index (χ0) is 20.1. The first-order valence-corrected chi connectivity index (χ1v) is 10.1. The molecule has 0 unspecified atom stereocenters. The first-order valence-electron chi connectivity index (χ1n) is 9.12. The Balaban J connectivity index is 2.04. The van der Waals surface area contributed by atoms with Gasteiger partial charge >= 0.3 is 0 Å². The third-order valence-electron chi connectivity index (χ3n) is 4.41. The number of para-hydroxylation sites is 1. The van der Waals surface area contributed by atoms with Crippen molar-refractivity contribution in [2.75, 3.05) is 12.9 Å². The highest BCUT2D eigenvalue weighted by molar-refractivity contribution is 7.99. The molecule has 3 aromatic rings. The molecule has 0 aliphatic carbocycles. The molecule has 2 aromatic carbocycles. The highest BCUT2D eigenvalue weighted by Gasteiger charge is 2.15. The second-order valence-corrected chi connectivity index (χ2v) is 7.36. The van der Waals surface area contributed by atoms with Gasteiger partial charge in [0.2, 0.25) is 5.91 Å². The van der Waals surface area contributed by atoms with Crippen LogP contribution in [0.25, 0.3) is 16.6 Å². The number of thioether (sulfide) groups is 1. The fraction of sp³-hybridized carbons (Fsp3) is 0.286. The molecule has 146 valence electrons. The number of carbonyl (C=O) groups excluding carboxylic acids is 1. The second-order valence-electron chi connectivity index (χ2n) is 6.42. The van der Waals surface area contributed by atoms with Gasteiger partial charge in [0.05, 0.1) is 29.5 Å². The number of amides is 1. The third-order valence-corrected chi connectivity index (χ3v) is 5.35. The van der Waals surface area contributed by atoms with E-state index in [1.54, 1.807) is 25.3 Å². The maximum Gasteiger partial charge on any atom is 0.266 e. The van der Waals surface area contributed by atoms with Crippen LogP contribution in [0.4, 0.5) is 0 Å². The quantitative estimate of drug-likeness (QED) is 0.489. The second kappa shape index (κ2) is 8.93. The van der Waals surface area contributed by atoms with Gasteiger partial charge < -0.3 is 10.1 Å². The van der Waals surface area contributed by atoms with Crippen molar-refractivity contribution >= 4 is 28.6 Å². The molecular weight excluding hydrogens is 374 g/mol. The number of nitrogens with zero attached hydrogens (tertiary/aromatic N) is 2. The van der Waals surface area contributed by atoms with Crippen LogP contribution in [0.3, 0.4) is 0 Å². The first-order chi connectivity index (χ1) is 13.5. The third kappa shape index (κ3) is 4.36. The number of rotatable bonds is 7. The molecule has 1 heterocycles. The van der Waals surface area contributed by atoms with Crippen molar-refractivity contribution in [3.63, 3.8) is 0 Å². The zero-order valence-electron chi connectivity index (χ0n) is 16.1. The molecule has 1 aromatic heterocycles. The molecule has 1 amide bonds. The van der Waals surface area contributed by atoms with E-state index in [2.05, 4.69) is 10.3 Å². The zero-order valence-corrected chi connectivity index (χ0v) is 17.0. The van der Waals surface area contributed by atoms with E-state index in [1.165, 1.54) is 16.3 Å². The summed E-state index contributed by atoms with van der Waals surface area (Å²) in [6.45, 7) is 3.98. The lowest BCUT2D eigenvalue weighted by molar-refractivity contribution is -0.119. The monoisotopic (exact) mass is 397 g/mol. The fourth-order valence-corrected chi connectivity index (χ4v) is 3.56. The van der Waals surface area contributed by atoms with Crippen LogP contribution in [0.2, 0.25) is 0 Å². The summed E-state index contributed by atoms with van der Waals surface area (Å²) in [4.78, 5) is 30.0. The van der Waals surface area contributed by atoms with Gasteiger partial charge in [-0.1, -0.05) is 36.9 Å². The van der Waals surface area contributed by atoms with E-state index in [4.69, 9.17) is 4.74 Å². The molecule has 0 spiro atoms. The fourth-order valence-electron chi connectivity index (χ4n) is 2.74. The standard InChI is InChI=1S/C21H23N3O3S/c1-4-14(2)22-19(25)13-28-21-23-18-11-6-5-10-17(18)20(26)24(21)15-8-7-9-16(12-15)27-3/h5-12,14H,4,13H2,1-3H3,(H,22,25)/t14-/m0/s1. The van der Waals surface area contributed by atoms with Crippen LogP contribution in [0.1, 0.15) is 20.3 Å². The van der Waals surface area contributed by atoms with E-state index >= 15 is 0 Å². The van der Waals surface area contributed by atoms with Crippen molar-refractivity contribution in [3.8, 4) is 11.4 Å². The van der Waals surface area contributed by atoms with Gasteiger partial charge in [-0.25, -0.2) is 4.98 Å². The number of ether oxygens (including phenoxy) is 1. The van der Waals surface area contributed by atoms with Crippen molar-refractivity contribution < 1.29 is 9.53 Å². The van der Waals surface area contributed by atoms with E-state index in [0.717, 1.165) is 6.42 Å². The molecule has 7 heteroatoms. The average molecular weight is 398 g/mol. The number of methoxy groups -OCH3 is 1. The minimum Gasteiger partial charge on any atom is -0.497 e. The van der Waals surface area contributed by atoms with E-state index in [1.807, 2.05) is 44.2 Å². The number of hydrogen-bond donors (Lipinski definition) is 1. The van der Waals surface area contributed by atoms with Crippen molar-refractivity contribution in [1.29, 1.82) is 0 Å². The predicted octanol–water partition coefficient (Wildman–Crippen LogP) is 3.40. The van der Waals surface area contributed by atoms with Crippen LogP contribution in [-0.4, -0.2) is 34.4 Å². The van der Waals surface area contributed by atoms with E-state index in [-0.39, 0.29) is 23.3 Å². The van der Waals surface area contributed by atoms with Gasteiger partial charge in [0, 0.05) is 12.1 Å². The SMILES string of the molecule is CC[C@H](C)NC(=O)CSc1nc2ccccc2c(=O)n1-c1cccc(OC)c1. The molecule has 0 saturated carbocycles. The van der Waals surface area contributed by atoms with Gasteiger partial charge in [0.25, 0.3) is 5.56 Å². The van der Waals surface area contributed by atoms with Crippen molar-refractivity contribution in [1.82, 2.24) is 14.9 Å². The number of carbonyl (C=O) groups is 1. The van der Waals surface area contributed by atoms with E-state index in [0.29, 0.717) is 27.5 Å². The number of fused-ring (bicyclic) bond motifs is 1. The number of nitrogens with one attached hydrogen (secondary N) is 1. The van der Waals surface area contributed by atoms with E-state index in [9.17, 15) is 9.59 Å². The van der Waals surface area contributed by atoms with Crippen LogP contribution < -0.4 is 15.6 Å². The molecule has 0 saturated heterocycles. The van der Waals surface area contributed by atoms with Crippen LogP contribution in [0.5, 0.6) is 5.75 Å². The molecule has 1 atom stereocenters. The molecule has 0 radical (unpaired) electrons. The summed E-state index contributed by atoms with van der Waals surface area (Å²) in [6, 6.07) is 14.6. The molecule has 3 rings (SSSR count). The summed E-state index contributed by atoms with van der Waals surface area (Å²) in [5.74, 6) is 0.737. The molecule has 0 fully saturated rings. The molecule has 0 bridgehead atoms. The van der Waals surface area contributed by atoms with Crippen LogP contribution >= 0.6 is 11.8 Å². The normalized spacial score (nSPS) is 12.0. The van der Waals surface area contributed by atoms with Gasteiger partial charge in [-0.15, -0.1) is 0 Å². The molecule has 0 aliphatic rings. The van der Waals surface area contributed by atoms with Crippen molar-refractivity contribution in [3.05, 3.63) is 58.9 Å². The largest absolute Gasteiger partial charge is 0.497 e. The van der Waals surface area contributed by atoms with Gasteiger partial charge in [-0.2, -0.15) is 0 Å². The number of benzene rings is 2. The summed E-state index contributed by atoms with van der Waals surface area (Å²) in [6.07, 6.45) is 0.860. The predicted molar refractivity (Wildman–Crippen MR) is 113 cm³/mol. The highest BCUT2D eigenvalue weighted by atomic mass is 32.2. The minimum absolute atomic E-state index is 0.0843. The highest BCUT2D eigenvalue weighted by Crippen LogP contribution is 2.23. The lowest BCUT2D eigenvalue weighted by Crippen LogP contribution is -2.33. The topological polar surface area (TPSA) is 73.2 Å². The maximum absolute atomic E-state index is 13.2. The summed E-state index contributed by atoms with van der Waals surface area (Å²) < 4.78 is 6.82. The van der Waals surface area contributed by atoms with Crippen molar-refractivity contribution in [2.45, 2.75) is 31.5 Å². The molecule has 28 heavy (non-hydrogen) atoms. The Kier molecular flexibility index (Phi) is 6.36. The van der Waals surface area contributed by atoms with Gasteiger partial charge in [0.15, 0.2) is 5.16 Å². The van der Waals surface area contributed by atoms with Crippen LogP contribution in [-0.2, 0) is 4.79 Å². The molecular formula is C21H23N3O3S. The molecule has 0 aliphatic heterocycles. The summed E-state index contributed by atoms with van der Waals surface area (Å²) >= 11 is 1.24. The summed E-state index contributed by atoms with van der Waals surface area (Å²) in [5, 5.41) is 3.93. The summed E-state index contributed by atoms with van der Waals surface area (Å²) in [5.41, 5.74) is 1.08. The van der Waals surface area contributed by atoms with Gasteiger partial charge in [0.1, 0.15) is 5.75 Å². The summed E-state index contributed by atoms with van der Waals surface area (Å²) in [7, 11) is 1.58. The lowest BCUT2D eigenvalue weighted by atomic mass is 10.2. The van der Waals surface area contributed by atoms with Crippen molar-refractivity contribution in [2.24, 2.45) is 0 Å². The minimum atomic E-state index is -0.177. The smallest absolute Gasteiger partial charge is 0.266 e. The Bertz CT molecular complexity index is 1050. The van der Waals surface area contributed by atoms with Gasteiger partial charge in [-0.05, 0) is 37.6 Å². The maximum atomic E-state index is 13.2. The van der Waals surface area contributed by atoms with Crippen LogP contribution in [0, 0.1) is 0 Å². The van der Waals surface area contributed by atoms with E-state index < -0.39 is 0 Å². The molecule has 1 N–H and O–H groups in total. The Hall–Kier alpha value is -2.80. The Morgan fingerprint density at radius 3 is 2.79 bits per heavy atom. The van der Waals surface area contributed by atoms with Gasteiger partial charge in [-0.3, -0.25) is 14.2 Å². The Morgan fingerprint density at radius 2 is 2.04 bits per heavy atom. The van der Waals surface area contributed by atoms with Crippen LogP contribution in [0.15, 0.2) is 58.5 Å². The Labute approximate surface area is 167 Å². The average Bonchev–Trinajstić information content (AvgIpc) is 2.72. The Morgan fingerprint density at radius 1 is 1.25 bits per heavy atom. The lowest BCUT2D eigenvalue weighted by Gasteiger charge is -2.15. The first kappa shape index (κ1) is 19.9. The molecule has 6 nitrogen and oxygen atoms in total.